The van der Waals surface area contributed by atoms with Crippen molar-refractivity contribution in [3.8, 4) is 0 Å². The van der Waals surface area contributed by atoms with Gasteiger partial charge < -0.3 is 15.6 Å². The fourth-order valence-corrected chi connectivity index (χ4v) is 4.57. The van der Waals surface area contributed by atoms with Crippen molar-refractivity contribution in [1.29, 1.82) is 0 Å². The van der Waals surface area contributed by atoms with Crippen LogP contribution in [0.5, 0.6) is 0 Å². The molecule has 3 fully saturated rings. The maximum atomic E-state index is 9.98. The summed E-state index contributed by atoms with van der Waals surface area (Å²) in [4.78, 5) is 0. The molecule has 0 amide bonds. The van der Waals surface area contributed by atoms with Crippen LogP contribution in [-0.4, -0.2) is 30.5 Å². The third-order valence-electron chi connectivity index (χ3n) is 5.36. The van der Waals surface area contributed by atoms with Crippen LogP contribution in [0.25, 0.3) is 0 Å². The number of hydrogen-bond donors (Lipinski definition) is 2. The van der Waals surface area contributed by atoms with Gasteiger partial charge in [0, 0.05) is 13.2 Å². The second-order valence-corrected chi connectivity index (χ2v) is 5.78. The van der Waals surface area contributed by atoms with Gasteiger partial charge in [0.25, 0.3) is 0 Å². The number of aliphatic hydroxyl groups is 1. The summed E-state index contributed by atoms with van der Waals surface area (Å²) < 4.78 is 5.36. The van der Waals surface area contributed by atoms with E-state index in [1.54, 1.807) is 7.11 Å². The van der Waals surface area contributed by atoms with Crippen LogP contribution in [0.15, 0.2) is 0 Å². The molecule has 0 aromatic heterocycles. The second kappa shape index (κ2) is 3.19. The monoisotopic (exact) mass is 211 g/mol. The van der Waals surface area contributed by atoms with E-state index < -0.39 is 0 Å². The molecule has 3 N–H and O–H groups in total. The molecular formula is C12H21NO2. The molecule has 3 heteroatoms. The Morgan fingerprint density at radius 2 is 2.13 bits per heavy atom. The molecule has 4 unspecified atom stereocenters. The van der Waals surface area contributed by atoms with E-state index in [-0.39, 0.29) is 17.6 Å². The summed E-state index contributed by atoms with van der Waals surface area (Å²) in [7, 11) is 1.70. The van der Waals surface area contributed by atoms with Gasteiger partial charge in [0.15, 0.2) is 0 Å². The molecule has 6 atom stereocenters. The largest absolute Gasteiger partial charge is 0.390 e. The standard InChI is InChI=1S/C12H21NO2/c1-15-10-6-12(5-9(10)14)8-3-2-7(4-8)11(12)13/h7-11,14H,2-6,13H2,1H3/t7?,8?,9-,10?,11?,12-/m1/s1. The highest BCUT2D eigenvalue weighted by Crippen LogP contribution is 2.62. The molecule has 3 nitrogen and oxygen atoms in total. The summed E-state index contributed by atoms with van der Waals surface area (Å²) in [6.45, 7) is 0. The van der Waals surface area contributed by atoms with Gasteiger partial charge in [-0.3, -0.25) is 0 Å². The summed E-state index contributed by atoms with van der Waals surface area (Å²) in [6.07, 6.45) is 5.50. The second-order valence-electron chi connectivity index (χ2n) is 5.78. The molecule has 0 aliphatic heterocycles. The van der Waals surface area contributed by atoms with E-state index in [0.717, 1.165) is 24.7 Å². The van der Waals surface area contributed by atoms with Crippen molar-refractivity contribution < 1.29 is 9.84 Å². The number of ether oxygens (including phenoxy) is 1. The fraction of sp³-hybridized carbons (Fsp3) is 1.00. The number of methoxy groups -OCH3 is 1. The third kappa shape index (κ3) is 1.17. The minimum Gasteiger partial charge on any atom is -0.390 e. The van der Waals surface area contributed by atoms with Crippen molar-refractivity contribution in [3.05, 3.63) is 0 Å². The Morgan fingerprint density at radius 1 is 1.33 bits per heavy atom. The van der Waals surface area contributed by atoms with E-state index in [1.165, 1.54) is 19.3 Å². The van der Waals surface area contributed by atoms with Crippen LogP contribution in [0.3, 0.4) is 0 Å². The molecule has 1 spiro atoms. The lowest BCUT2D eigenvalue weighted by atomic mass is 9.69. The molecule has 86 valence electrons. The summed E-state index contributed by atoms with van der Waals surface area (Å²) in [6, 6.07) is 0.311. The van der Waals surface area contributed by atoms with E-state index in [1.807, 2.05) is 0 Å². The molecule has 3 aliphatic rings. The summed E-state index contributed by atoms with van der Waals surface area (Å²) in [5, 5.41) is 9.98. The Kier molecular flexibility index (Phi) is 2.14. The summed E-state index contributed by atoms with van der Waals surface area (Å²) in [5.41, 5.74) is 6.58. The van der Waals surface area contributed by atoms with Crippen molar-refractivity contribution in [2.75, 3.05) is 7.11 Å². The number of aliphatic hydroxyl groups excluding tert-OH is 1. The predicted octanol–water partition coefficient (Wildman–Crippen LogP) is 0.900. The SMILES string of the molecule is COC1C[C@]2(C[C@H]1O)C1CCC(C1)C2N. The zero-order valence-corrected chi connectivity index (χ0v) is 9.36. The summed E-state index contributed by atoms with van der Waals surface area (Å²) >= 11 is 0. The van der Waals surface area contributed by atoms with E-state index >= 15 is 0 Å². The van der Waals surface area contributed by atoms with Crippen LogP contribution < -0.4 is 5.73 Å². The lowest BCUT2D eigenvalue weighted by Crippen LogP contribution is -2.45. The Labute approximate surface area is 91.0 Å². The highest BCUT2D eigenvalue weighted by Gasteiger charge is 2.61. The van der Waals surface area contributed by atoms with Gasteiger partial charge in [-0.15, -0.1) is 0 Å². The van der Waals surface area contributed by atoms with E-state index in [9.17, 15) is 5.11 Å². The third-order valence-corrected chi connectivity index (χ3v) is 5.36. The normalized spacial score (nSPS) is 58.2. The lowest BCUT2D eigenvalue weighted by Gasteiger charge is -2.39. The first-order valence-corrected chi connectivity index (χ1v) is 6.14. The van der Waals surface area contributed by atoms with E-state index in [2.05, 4.69) is 0 Å². The van der Waals surface area contributed by atoms with Gasteiger partial charge in [-0.25, -0.2) is 0 Å². The van der Waals surface area contributed by atoms with Gasteiger partial charge in [-0.05, 0) is 49.4 Å². The quantitative estimate of drug-likeness (QED) is 0.677. The Balaban J connectivity index is 1.86. The molecule has 0 saturated heterocycles. The minimum atomic E-state index is -0.291. The molecule has 3 rings (SSSR count). The molecule has 2 bridgehead atoms. The maximum Gasteiger partial charge on any atom is 0.0836 e. The van der Waals surface area contributed by atoms with Crippen LogP contribution in [0.1, 0.15) is 32.1 Å². The predicted molar refractivity (Wildman–Crippen MR) is 57.3 cm³/mol. The average molecular weight is 211 g/mol. The zero-order chi connectivity index (χ0) is 10.6. The zero-order valence-electron chi connectivity index (χ0n) is 9.36. The molecule has 0 radical (unpaired) electrons. The molecule has 0 aromatic carbocycles. The number of hydrogen-bond acceptors (Lipinski definition) is 3. The average Bonchev–Trinajstić information content (AvgIpc) is 2.85. The molecule has 15 heavy (non-hydrogen) atoms. The molecule has 0 heterocycles. The number of rotatable bonds is 1. The van der Waals surface area contributed by atoms with Crippen LogP contribution in [0.2, 0.25) is 0 Å². The van der Waals surface area contributed by atoms with Crippen molar-refractivity contribution in [3.63, 3.8) is 0 Å². The fourth-order valence-electron chi connectivity index (χ4n) is 4.57. The molecule has 3 aliphatic carbocycles. The van der Waals surface area contributed by atoms with Crippen LogP contribution in [0, 0.1) is 17.3 Å². The molecule has 0 aromatic rings. The van der Waals surface area contributed by atoms with E-state index in [0.29, 0.717) is 6.04 Å². The Bertz CT molecular complexity index is 266. The van der Waals surface area contributed by atoms with Crippen LogP contribution in [-0.2, 0) is 4.74 Å². The Morgan fingerprint density at radius 3 is 2.67 bits per heavy atom. The first-order valence-electron chi connectivity index (χ1n) is 6.14. The number of nitrogens with two attached hydrogens (primary N) is 1. The van der Waals surface area contributed by atoms with Crippen molar-refractivity contribution in [2.45, 2.75) is 50.4 Å². The molecule has 3 saturated carbocycles. The van der Waals surface area contributed by atoms with E-state index in [4.69, 9.17) is 10.5 Å². The highest BCUT2D eigenvalue weighted by molar-refractivity contribution is 5.13. The minimum absolute atomic E-state index is 0.0235. The van der Waals surface area contributed by atoms with Crippen LogP contribution >= 0.6 is 0 Å². The van der Waals surface area contributed by atoms with Crippen molar-refractivity contribution in [2.24, 2.45) is 23.0 Å². The van der Waals surface area contributed by atoms with Crippen molar-refractivity contribution >= 4 is 0 Å². The summed E-state index contributed by atoms with van der Waals surface area (Å²) in [5.74, 6) is 1.48. The van der Waals surface area contributed by atoms with Gasteiger partial charge in [0.2, 0.25) is 0 Å². The number of fused-ring (bicyclic) bond motifs is 3. The Hall–Kier alpha value is -0.120. The first kappa shape index (κ1) is 10.1. The van der Waals surface area contributed by atoms with Gasteiger partial charge in [-0.2, -0.15) is 0 Å². The van der Waals surface area contributed by atoms with Gasteiger partial charge in [0.1, 0.15) is 0 Å². The maximum absolute atomic E-state index is 9.98. The highest BCUT2D eigenvalue weighted by atomic mass is 16.5. The van der Waals surface area contributed by atoms with Gasteiger partial charge >= 0.3 is 0 Å². The van der Waals surface area contributed by atoms with Gasteiger partial charge in [0.05, 0.1) is 12.2 Å². The van der Waals surface area contributed by atoms with Crippen LogP contribution in [0.4, 0.5) is 0 Å². The lowest BCUT2D eigenvalue weighted by molar-refractivity contribution is 0.00927. The topological polar surface area (TPSA) is 55.5 Å². The van der Waals surface area contributed by atoms with Gasteiger partial charge in [-0.1, -0.05) is 0 Å². The molecular weight excluding hydrogens is 190 g/mol. The first-order chi connectivity index (χ1) is 7.17. The smallest absolute Gasteiger partial charge is 0.0836 e. The van der Waals surface area contributed by atoms with Crippen molar-refractivity contribution in [1.82, 2.24) is 0 Å².